The van der Waals surface area contributed by atoms with Crippen LogP contribution in [0.15, 0.2) is 22.0 Å². The van der Waals surface area contributed by atoms with Crippen molar-refractivity contribution in [2.75, 3.05) is 0 Å². The minimum atomic E-state index is -3.80. The monoisotopic (exact) mass is 306 g/mol. The van der Waals surface area contributed by atoms with Crippen LogP contribution in [0.4, 0.5) is 0 Å². The Hall–Kier alpha value is -0.890. The van der Waals surface area contributed by atoms with E-state index in [1.54, 1.807) is 0 Å². The molecule has 1 heterocycles. The molecule has 1 aliphatic rings. The van der Waals surface area contributed by atoms with Crippen LogP contribution in [0, 0.1) is 0 Å². The molecule has 106 valence electrons. The Bertz CT molecular complexity index is 613. The van der Waals surface area contributed by atoms with Crippen molar-refractivity contribution in [1.29, 1.82) is 0 Å². The minimum absolute atomic E-state index is 0.116. The highest BCUT2D eigenvalue weighted by atomic mass is 35.5. The molecule has 0 radical (unpaired) electrons. The number of hydrogen-bond donors (Lipinski definition) is 3. The van der Waals surface area contributed by atoms with Crippen molar-refractivity contribution in [2.45, 2.75) is 42.7 Å². The van der Waals surface area contributed by atoms with Gasteiger partial charge in [-0.15, -0.1) is 0 Å². The molecule has 8 heteroatoms. The molecule has 1 aromatic rings. The van der Waals surface area contributed by atoms with Gasteiger partial charge in [-0.25, -0.2) is 13.1 Å². The number of nitrogens with one attached hydrogen (secondary N) is 2. The van der Waals surface area contributed by atoms with Gasteiger partial charge in [-0.05, 0) is 18.9 Å². The molecule has 2 unspecified atom stereocenters. The zero-order valence-electron chi connectivity index (χ0n) is 10.1. The van der Waals surface area contributed by atoms with E-state index < -0.39 is 27.7 Å². The Balaban J connectivity index is 2.22. The first-order chi connectivity index (χ1) is 8.90. The van der Waals surface area contributed by atoms with Gasteiger partial charge in [0, 0.05) is 12.2 Å². The van der Waals surface area contributed by atoms with E-state index in [0.717, 1.165) is 25.1 Å². The van der Waals surface area contributed by atoms with Crippen molar-refractivity contribution in [1.82, 2.24) is 9.71 Å². The predicted octanol–water partition coefficient (Wildman–Crippen LogP) is 0.610. The third-order valence-corrected chi connectivity index (χ3v) is 4.93. The Morgan fingerprint density at radius 2 is 2.05 bits per heavy atom. The molecular formula is C11H15ClN2O4S. The molecule has 1 aliphatic carbocycles. The number of pyridine rings is 1. The molecule has 2 atom stereocenters. The average molecular weight is 307 g/mol. The second-order valence-corrected chi connectivity index (χ2v) is 6.71. The van der Waals surface area contributed by atoms with E-state index in [0.29, 0.717) is 12.8 Å². The second-order valence-electron chi connectivity index (χ2n) is 4.59. The fourth-order valence-corrected chi connectivity index (χ4v) is 3.64. The first-order valence-corrected chi connectivity index (χ1v) is 7.85. The van der Waals surface area contributed by atoms with Gasteiger partial charge in [0.2, 0.25) is 10.0 Å². The summed E-state index contributed by atoms with van der Waals surface area (Å²) >= 11 is 5.61. The lowest BCUT2D eigenvalue weighted by molar-refractivity contribution is 0.101. The normalized spacial score (nSPS) is 24.3. The standard InChI is InChI=1S/C11H15ClN2O4S/c12-8-5-7(6-13-11(8)16)19(17,18)14-9-3-1-2-4-10(9)15/h5-6,9-10,14-15H,1-4H2,(H,13,16). The summed E-state index contributed by atoms with van der Waals surface area (Å²) in [5, 5.41) is 9.58. The third-order valence-electron chi connectivity index (χ3n) is 3.18. The lowest BCUT2D eigenvalue weighted by atomic mass is 9.93. The van der Waals surface area contributed by atoms with Gasteiger partial charge in [0.1, 0.15) is 5.02 Å². The van der Waals surface area contributed by atoms with E-state index in [1.807, 2.05) is 0 Å². The van der Waals surface area contributed by atoms with Crippen molar-refractivity contribution in [2.24, 2.45) is 0 Å². The molecule has 3 N–H and O–H groups in total. The van der Waals surface area contributed by atoms with Crippen molar-refractivity contribution < 1.29 is 13.5 Å². The molecule has 19 heavy (non-hydrogen) atoms. The summed E-state index contributed by atoms with van der Waals surface area (Å²) in [4.78, 5) is 13.2. The zero-order chi connectivity index (χ0) is 14.0. The summed E-state index contributed by atoms with van der Waals surface area (Å²) in [6.45, 7) is 0. The largest absolute Gasteiger partial charge is 0.391 e. The maximum atomic E-state index is 12.1. The van der Waals surface area contributed by atoms with E-state index in [2.05, 4.69) is 9.71 Å². The molecule has 0 aliphatic heterocycles. The van der Waals surface area contributed by atoms with Crippen LogP contribution in [0.1, 0.15) is 25.7 Å². The third kappa shape index (κ3) is 3.36. The van der Waals surface area contributed by atoms with Crippen molar-refractivity contribution in [3.05, 3.63) is 27.6 Å². The van der Waals surface area contributed by atoms with Gasteiger partial charge < -0.3 is 10.1 Å². The van der Waals surface area contributed by atoms with Gasteiger partial charge in [0.25, 0.3) is 5.56 Å². The molecule has 0 spiro atoms. The number of aromatic nitrogens is 1. The average Bonchev–Trinajstić information content (AvgIpc) is 2.35. The fraction of sp³-hybridized carbons (Fsp3) is 0.545. The van der Waals surface area contributed by atoms with Gasteiger partial charge >= 0.3 is 0 Å². The summed E-state index contributed by atoms with van der Waals surface area (Å²) < 4.78 is 26.7. The molecule has 1 fully saturated rings. The summed E-state index contributed by atoms with van der Waals surface area (Å²) in [7, 11) is -3.80. The maximum Gasteiger partial charge on any atom is 0.266 e. The SMILES string of the molecule is O=c1[nH]cc(S(=O)(=O)NC2CCCCC2O)cc1Cl. The smallest absolute Gasteiger partial charge is 0.266 e. The topological polar surface area (TPSA) is 99.3 Å². The lowest BCUT2D eigenvalue weighted by Gasteiger charge is -2.28. The number of aliphatic hydroxyl groups excluding tert-OH is 1. The first kappa shape index (κ1) is 14.5. The summed E-state index contributed by atoms with van der Waals surface area (Å²) in [5.41, 5.74) is -0.543. The highest BCUT2D eigenvalue weighted by Gasteiger charge is 2.28. The Morgan fingerprint density at radius 1 is 1.37 bits per heavy atom. The number of H-pyrrole nitrogens is 1. The van der Waals surface area contributed by atoms with Crippen LogP contribution in [0.2, 0.25) is 5.02 Å². The van der Waals surface area contributed by atoms with Gasteiger partial charge in [-0.2, -0.15) is 0 Å². The number of aliphatic hydroxyl groups is 1. The Labute approximate surface area is 115 Å². The van der Waals surface area contributed by atoms with Crippen LogP contribution in [-0.4, -0.2) is 30.7 Å². The van der Waals surface area contributed by atoms with Crippen LogP contribution in [0.25, 0.3) is 0 Å². The van der Waals surface area contributed by atoms with Gasteiger partial charge in [0.05, 0.1) is 11.0 Å². The number of sulfonamides is 1. The molecule has 0 bridgehead atoms. The summed E-state index contributed by atoms with van der Waals surface area (Å²) in [5.74, 6) is 0. The molecule has 1 aromatic heterocycles. The highest BCUT2D eigenvalue weighted by molar-refractivity contribution is 7.89. The zero-order valence-corrected chi connectivity index (χ0v) is 11.7. The number of aromatic amines is 1. The summed E-state index contributed by atoms with van der Waals surface area (Å²) in [6.07, 6.45) is 3.35. The van der Waals surface area contributed by atoms with E-state index >= 15 is 0 Å². The molecule has 0 amide bonds. The van der Waals surface area contributed by atoms with Gasteiger partial charge in [0.15, 0.2) is 0 Å². The predicted molar refractivity (Wildman–Crippen MR) is 70.7 cm³/mol. The fourth-order valence-electron chi connectivity index (χ4n) is 2.11. The van der Waals surface area contributed by atoms with E-state index in [-0.39, 0.29) is 9.92 Å². The summed E-state index contributed by atoms with van der Waals surface area (Å²) in [6, 6.07) is 0.599. The maximum absolute atomic E-state index is 12.1. The quantitative estimate of drug-likeness (QED) is 0.762. The van der Waals surface area contributed by atoms with Gasteiger partial charge in [-0.1, -0.05) is 24.4 Å². The highest BCUT2D eigenvalue weighted by Crippen LogP contribution is 2.20. The molecule has 6 nitrogen and oxygen atoms in total. The molecule has 0 saturated heterocycles. The number of rotatable bonds is 3. The first-order valence-electron chi connectivity index (χ1n) is 5.99. The Kier molecular flexibility index (Phi) is 4.29. The molecule has 1 saturated carbocycles. The Morgan fingerprint density at radius 3 is 2.68 bits per heavy atom. The van der Waals surface area contributed by atoms with Crippen LogP contribution >= 0.6 is 11.6 Å². The lowest BCUT2D eigenvalue weighted by Crippen LogP contribution is -2.45. The second kappa shape index (κ2) is 5.62. The number of hydrogen-bond acceptors (Lipinski definition) is 4. The number of halogens is 1. The van der Waals surface area contributed by atoms with Crippen LogP contribution in [0.3, 0.4) is 0 Å². The van der Waals surface area contributed by atoms with E-state index in [4.69, 9.17) is 11.6 Å². The van der Waals surface area contributed by atoms with Crippen LogP contribution < -0.4 is 10.3 Å². The van der Waals surface area contributed by atoms with E-state index in [9.17, 15) is 18.3 Å². The van der Waals surface area contributed by atoms with Crippen molar-refractivity contribution >= 4 is 21.6 Å². The molecule has 2 rings (SSSR count). The van der Waals surface area contributed by atoms with Crippen molar-refractivity contribution in [3.8, 4) is 0 Å². The van der Waals surface area contributed by atoms with Crippen molar-refractivity contribution in [3.63, 3.8) is 0 Å². The van der Waals surface area contributed by atoms with Gasteiger partial charge in [-0.3, -0.25) is 4.79 Å². The molecule has 0 aromatic carbocycles. The molecular weight excluding hydrogens is 292 g/mol. The van der Waals surface area contributed by atoms with E-state index in [1.165, 1.54) is 0 Å². The minimum Gasteiger partial charge on any atom is -0.391 e. The van der Waals surface area contributed by atoms with Crippen LogP contribution in [0.5, 0.6) is 0 Å². The van der Waals surface area contributed by atoms with Crippen LogP contribution in [-0.2, 0) is 10.0 Å².